The summed E-state index contributed by atoms with van der Waals surface area (Å²) in [5.41, 5.74) is 2.74. The van der Waals surface area contributed by atoms with Crippen molar-refractivity contribution in [2.75, 3.05) is 5.32 Å². The van der Waals surface area contributed by atoms with E-state index in [1.54, 1.807) is 36.4 Å². The largest absolute Gasteiger partial charge is 0.507 e. The van der Waals surface area contributed by atoms with Gasteiger partial charge >= 0.3 is 6.03 Å². The maximum absolute atomic E-state index is 12.8. The predicted molar refractivity (Wildman–Crippen MR) is 129 cm³/mol. The second kappa shape index (κ2) is 9.67. The van der Waals surface area contributed by atoms with Gasteiger partial charge in [0.15, 0.2) is 0 Å². The molecule has 1 aliphatic carbocycles. The highest BCUT2D eigenvalue weighted by molar-refractivity contribution is 6.30. The van der Waals surface area contributed by atoms with Crippen LogP contribution in [0.4, 0.5) is 10.5 Å². The molecule has 2 amide bonds. The van der Waals surface area contributed by atoms with E-state index in [0.29, 0.717) is 27.5 Å². The van der Waals surface area contributed by atoms with Crippen LogP contribution >= 0.6 is 11.6 Å². The highest BCUT2D eigenvalue weighted by atomic mass is 35.5. The van der Waals surface area contributed by atoms with Crippen molar-refractivity contribution in [3.8, 4) is 17.0 Å². The highest BCUT2D eigenvalue weighted by Gasteiger charge is 2.26. The number of nitrogens with one attached hydrogen (secondary N) is 2. The molecule has 172 valence electrons. The SMILES string of the molecule is CC(C)NC(=O)n1nc(-c2cc(NC(=O)c3ccc(Cl)cc3)ccc2O)cc1C1CCCC1. The number of aromatic nitrogens is 2. The molecule has 0 spiro atoms. The van der Waals surface area contributed by atoms with Crippen LogP contribution in [0.25, 0.3) is 11.3 Å². The molecule has 2 aromatic carbocycles. The molecule has 0 saturated heterocycles. The van der Waals surface area contributed by atoms with Gasteiger partial charge in [-0.25, -0.2) is 4.79 Å². The molecule has 7 nitrogen and oxygen atoms in total. The topological polar surface area (TPSA) is 96.3 Å². The Bertz CT molecular complexity index is 1160. The quantitative estimate of drug-likeness (QED) is 0.415. The lowest BCUT2D eigenvalue weighted by Crippen LogP contribution is -2.35. The molecule has 0 unspecified atom stereocenters. The summed E-state index contributed by atoms with van der Waals surface area (Å²) in [6, 6.07) is 12.9. The fourth-order valence-electron chi connectivity index (χ4n) is 4.13. The van der Waals surface area contributed by atoms with Crippen LogP contribution in [0.2, 0.25) is 5.02 Å². The van der Waals surface area contributed by atoms with Gasteiger partial charge in [-0.1, -0.05) is 24.4 Å². The molecule has 1 saturated carbocycles. The van der Waals surface area contributed by atoms with Crippen LogP contribution in [0.15, 0.2) is 48.5 Å². The number of carbonyl (C=O) groups is 2. The van der Waals surface area contributed by atoms with Gasteiger partial charge in [0.25, 0.3) is 5.91 Å². The normalized spacial score (nSPS) is 13.9. The third kappa shape index (κ3) is 5.20. The van der Waals surface area contributed by atoms with E-state index < -0.39 is 0 Å². The summed E-state index contributed by atoms with van der Waals surface area (Å²) < 4.78 is 1.42. The van der Waals surface area contributed by atoms with E-state index in [2.05, 4.69) is 15.7 Å². The molecule has 8 heteroatoms. The number of hydrogen-bond donors (Lipinski definition) is 3. The molecular weight excluding hydrogens is 440 g/mol. The number of phenols is 1. The Morgan fingerprint density at radius 2 is 1.79 bits per heavy atom. The molecule has 0 bridgehead atoms. The van der Waals surface area contributed by atoms with Crippen LogP contribution in [0.1, 0.15) is 61.5 Å². The average Bonchev–Trinajstić information content (AvgIpc) is 3.45. The van der Waals surface area contributed by atoms with Gasteiger partial charge in [-0.3, -0.25) is 4.79 Å². The first kappa shape index (κ1) is 22.9. The molecule has 3 aromatic rings. The van der Waals surface area contributed by atoms with E-state index >= 15 is 0 Å². The first-order valence-corrected chi connectivity index (χ1v) is 11.5. The van der Waals surface area contributed by atoms with Crippen molar-refractivity contribution in [1.29, 1.82) is 0 Å². The standard InChI is InChI=1S/C25H27ClN4O3/c1-15(2)27-25(33)30-22(16-5-3-4-6-16)14-21(29-30)20-13-19(11-12-23(20)31)28-24(32)17-7-9-18(26)10-8-17/h7-16,31H,3-6H2,1-2H3,(H,27,33)(H,28,32). The van der Waals surface area contributed by atoms with E-state index in [9.17, 15) is 14.7 Å². The molecular formula is C25H27ClN4O3. The molecule has 0 atom stereocenters. The van der Waals surface area contributed by atoms with Crippen molar-refractivity contribution in [2.45, 2.75) is 51.5 Å². The van der Waals surface area contributed by atoms with Crippen LogP contribution in [0, 0.1) is 0 Å². The summed E-state index contributed by atoms with van der Waals surface area (Å²) in [6.45, 7) is 3.80. The Labute approximate surface area is 197 Å². The van der Waals surface area contributed by atoms with Crippen molar-refractivity contribution < 1.29 is 14.7 Å². The van der Waals surface area contributed by atoms with Gasteiger partial charge in [0, 0.05) is 33.8 Å². The van der Waals surface area contributed by atoms with E-state index in [1.807, 2.05) is 19.9 Å². The first-order chi connectivity index (χ1) is 15.8. The first-order valence-electron chi connectivity index (χ1n) is 11.1. The third-order valence-corrected chi connectivity index (χ3v) is 6.00. The maximum Gasteiger partial charge on any atom is 0.342 e. The maximum atomic E-state index is 12.8. The molecule has 1 fully saturated rings. The minimum Gasteiger partial charge on any atom is -0.507 e. The zero-order valence-corrected chi connectivity index (χ0v) is 19.4. The van der Waals surface area contributed by atoms with E-state index in [1.165, 1.54) is 10.7 Å². The van der Waals surface area contributed by atoms with Gasteiger partial charge < -0.3 is 15.7 Å². The van der Waals surface area contributed by atoms with Crippen LogP contribution in [0.5, 0.6) is 5.75 Å². The van der Waals surface area contributed by atoms with Crippen molar-refractivity contribution in [1.82, 2.24) is 15.1 Å². The average molecular weight is 467 g/mol. The van der Waals surface area contributed by atoms with Crippen LogP contribution in [0.3, 0.4) is 0 Å². The Balaban J connectivity index is 1.66. The predicted octanol–water partition coefficient (Wildman–Crippen LogP) is 5.79. The van der Waals surface area contributed by atoms with Gasteiger partial charge in [-0.15, -0.1) is 0 Å². The van der Waals surface area contributed by atoms with Crippen molar-refractivity contribution >= 4 is 29.2 Å². The molecule has 0 radical (unpaired) electrons. The van der Waals surface area contributed by atoms with Crippen LogP contribution in [-0.2, 0) is 0 Å². The summed E-state index contributed by atoms with van der Waals surface area (Å²) in [7, 11) is 0. The van der Waals surface area contributed by atoms with Crippen molar-refractivity contribution in [3.05, 3.63) is 64.8 Å². The Hall–Kier alpha value is -3.32. The molecule has 0 aliphatic heterocycles. The van der Waals surface area contributed by atoms with E-state index in [4.69, 9.17) is 11.6 Å². The second-order valence-corrected chi connectivity index (χ2v) is 9.08. The van der Waals surface area contributed by atoms with E-state index in [-0.39, 0.29) is 29.6 Å². The van der Waals surface area contributed by atoms with Gasteiger partial charge in [0.05, 0.1) is 11.4 Å². The molecule has 3 N–H and O–H groups in total. The lowest BCUT2D eigenvalue weighted by molar-refractivity contribution is 0.102. The summed E-state index contributed by atoms with van der Waals surface area (Å²) in [4.78, 5) is 25.4. The lowest BCUT2D eigenvalue weighted by atomic mass is 10.0. The number of anilines is 1. The van der Waals surface area contributed by atoms with Crippen LogP contribution in [-0.4, -0.2) is 32.9 Å². The van der Waals surface area contributed by atoms with Gasteiger partial charge in [-0.2, -0.15) is 9.78 Å². The Morgan fingerprint density at radius 3 is 2.45 bits per heavy atom. The fraction of sp³-hybridized carbons (Fsp3) is 0.320. The second-order valence-electron chi connectivity index (χ2n) is 8.64. The molecule has 4 rings (SSSR count). The van der Waals surface area contributed by atoms with Gasteiger partial charge in [-0.05, 0) is 75.2 Å². The molecule has 1 heterocycles. The zero-order valence-electron chi connectivity index (χ0n) is 18.6. The number of amides is 2. The molecule has 1 aromatic heterocycles. The smallest absolute Gasteiger partial charge is 0.342 e. The summed E-state index contributed by atoms with van der Waals surface area (Å²) in [5, 5.41) is 21.4. The highest BCUT2D eigenvalue weighted by Crippen LogP contribution is 2.38. The third-order valence-electron chi connectivity index (χ3n) is 5.75. The number of hydrogen-bond acceptors (Lipinski definition) is 4. The van der Waals surface area contributed by atoms with Crippen molar-refractivity contribution in [3.63, 3.8) is 0 Å². The van der Waals surface area contributed by atoms with Gasteiger partial charge in [0.1, 0.15) is 5.75 Å². The zero-order chi connectivity index (χ0) is 23.5. The number of benzene rings is 2. The summed E-state index contributed by atoms with van der Waals surface area (Å²) in [5.74, 6) is -0.0257. The van der Waals surface area contributed by atoms with Crippen molar-refractivity contribution in [2.24, 2.45) is 0 Å². The number of nitrogens with zero attached hydrogens (tertiary/aromatic N) is 2. The number of halogens is 1. The minimum absolute atomic E-state index is 0.0198. The molecule has 1 aliphatic rings. The number of phenolic OH excluding ortho intramolecular Hbond substituents is 1. The Morgan fingerprint density at radius 1 is 1.09 bits per heavy atom. The fourth-order valence-corrected chi connectivity index (χ4v) is 4.26. The molecule has 33 heavy (non-hydrogen) atoms. The number of aromatic hydroxyl groups is 1. The summed E-state index contributed by atoms with van der Waals surface area (Å²) in [6.07, 6.45) is 4.25. The lowest BCUT2D eigenvalue weighted by Gasteiger charge is -2.13. The number of rotatable bonds is 5. The summed E-state index contributed by atoms with van der Waals surface area (Å²) >= 11 is 5.90. The minimum atomic E-state index is -0.295. The van der Waals surface area contributed by atoms with Gasteiger partial charge in [0.2, 0.25) is 0 Å². The number of carbonyl (C=O) groups excluding carboxylic acids is 2. The monoisotopic (exact) mass is 466 g/mol. The van der Waals surface area contributed by atoms with Crippen LogP contribution < -0.4 is 10.6 Å². The Kier molecular flexibility index (Phi) is 6.70. The van der Waals surface area contributed by atoms with E-state index in [0.717, 1.165) is 31.4 Å².